The van der Waals surface area contributed by atoms with Crippen LogP contribution >= 0.6 is 0 Å². The molecule has 2 rings (SSSR count). The normalized spacial score (nSPS) is 30.8. The predicted molar refractivity (Wildman–Crippen MR) is 74.6 cm³/mol. The van der Waals surface area contributed by atoms with E-state index in [1.54, 1.807) is 11.6 Å². The van der Waals surface area contributed by atoms with E-state index in [-0.39, 0.29) is 6.61 Å². The van der Waals surface area contributed by atoms with Gasteiger partial charge in [-0.3, -0.25) is 0 Å². The third-order valence-corrected chi connectivity index (χ3v) is 3.91. The van der Waals surface area contributed by atoms with E-state index in [2.05, 4.69) is 15.6 Å². The first-order valence-corrected chi connectivity index (χ1v) is 7.30. The highest BCUT2D eigenvalue weighted by atomic mass is 16.3. The summed E-state index contributed by atoms with van der Waals surface area (Å²) in [6.45, 7) is 3.75. The van der Waals surface area contributed by atoms with Crippen LogP contribution in [0.15, 0.2) is 0 Å². The predicted octanol–water partition coefficient (Wildman–Crippen LogP) is -2.18. The van der Waals surface area contributed by atoms with E-state index in [9.17, 15) is 15.3 Å². The number of hydrogen-bond acceptors (Lipinski definition) is 7. The second-order valence-corrected chi connectivity index (χ2v) is 5.62. The van der Waals surface area contributed by atoms with Gasteiger partial charge in [-0.2, -0.15) is 0 Å². The molecule has 21 heavy (non-hydrogen) atoms. The van der Waals surface area contributed by atoms with Crippen LogP contribution in [0.4, 0.5) is 0 Å². The zero-order chi connectivity index (χ0) is 15.6. The van der Waals surface area contributed by atoms with E-state index < -0.39 is 30.4 Å². The first-order valence-electron chi connectivity index (χ1n) is 7.30. The summed E-state index contributed by atoms with van der Waals surface area (Å²) in [5.74, 6) is 0. The van der Waals surface area contributed by atoms with Crippen molar-refractivity contribution in [2.24, 2.45) is 0 Å². The Morgan fingerprint density at radius 3 is 2.48 bits per heavy atom. The van der Waals surface area contributed by atoms with E-state index in [0.29, 0.717) is 19.4 Å². The van der Waals surface area contributed by atoms with Crippen molar-refractivity contribution in [2.75, 3.05) is 6.61 Å². The van der Waals surface area contributed by atoms with E-state index >= 15 is 0 Å². The summed E-state index contributed by atoms with van der Waals surface area (Å²) in [6.07, 6.45) is -1.34. The fourth-order valence-corrected chi connectivity index (χ4v) is 2.75. The maximum atomic E-state index is 10.0. The molecule has 2 heterocycles. The number of aryl methyl sites for hydroxylation is 1. The van der Waals surface area contributed by atoms with Gasteiger partial charge in [0.2, 0.25) is 0 Å². The van der Waals surface area contributed by atoms with Gasteiger partial charge in [0, 0.05) is 6.42 Å². The van der Waals surface area contributed by atoms with Gasteiger partial charge in [0.05, 0.1) is 54.9 Å². The van der Waals surface area contributed by atoms with Crippen molar-refractivity contribution in [3.05, 3.63) is 11.4 Å². The Morgan fingerprint density at radius 1 is 1.29 bits per heavy atom. The molecule has 0 aromatic carbocycles. The molecular formula is C13H24N4O4. The van der Waals surface area contributed by atoms with Crippen LogP contribution in [0.5, 0.6) is 0 Å². The van der Waals surface area contributed by atoms with Gasteiger partial charge in [-0.25, -0.2) is 4.68 Å². The summed E-state index contributed by atoms with van der Waals surface area (Å²) in [7, 11) is 0. The van der Waals surface area contributed by atoms with E-state index in [1.807, 2.05) is 6.92 Å². The first-order chi connectivity index (χ1) is 9.97. The smallest absolute Gasteiger partial charge is 0.0990 e. The highest BCUT2D eigenvalue weighted by Gasteiger charge is 2.41. The number of aromatic nitrogens is 3. The lowest BCUT2D eigenvalue weighted by Gasteiger charge is -2.17. The molecule has 0 bridgehead atoms. The van der Waals surface area contributed by atoms with Gasteiger partial charge in [0.15, 0.2) is 0 Å². The van der Waals surface area contributed by atoms with Crippen LogP contribution in [0.25, 0.3) is 0 Å². The SMILES string of the molecule is CCc1nnn(C[C@H]2N[C@H](CO)[C@@H](O)[C@@H]2O)c1CC(C)O. The third-order valence-electron chi connectivity index (χ3n) is 3.91. The van der Waals surface area contributed by atoms with Gasteiger partial charge < -0.3 is 25.7 Å². The second-order valence-electron chi connectivity index (χ2n) is 5.62. The van der Waals surface area contributed by atoms with Crippen molar-refractivity contribution >= 4 is 0 Å². The molecule has 1 saturated heterocycles. The zero-order valence-corrected chi connectivity index (χ0v) is 12.3. The van der Waals surface area contributed by atoms with E-state index in [4.69, 9.17) is 5.11 Å². The van der Waals surface area contributed by atoms with Crippen LogP contribution in [0, 0.1) is 0 Å². The number of nitrogens with zero attached hydrogens (tertiary/aromatic N) is 3. The first kappa shape index (κ1) is 16.3. The van der Waals surface area contributed by atoms with Gasteiger partial charge >= 0.3 is 0 Å². The van der Waals surface area contributed by atoms with Crippen molar-refractivity contribution in [3.8, 4) is 0 Å². The van der Waals surface area contributed by atoms with Gasteiger partial charge in [-0.15, -0.1) is 5.10 Å². The molecule has 1 aromatic rings. The minimum Gasteiger partial charge on any atom is -0.395 e. The van der Waals surface area contributed by atoms with Crippen LogP contribution in [0.2, 0.25) is 0 Å². The number of hydrogen-bond donors (Lipinski definition) is 5. The van der Waals surface area contributed by atoms with Gasteiger partial charge in [-0.05, 0) is 13.3 Å². The largest absolute Gasteiger partial charge is 0.395 e. The molecule has 1 aliphatic heterocycles. The highest BCUT2D eigenvalue weighted by Crippen LogP contribution is 2.18. The quantitative estimate of drug-likeness (QED) is 0.404. The molecule has 5 atom stereocenters. The lowest BCUT2D eigenvalue weighted by Crippen LogP contribution is -2.39. The summed E-state index contributed by atoms with van der Waals surface area (Å²) < 4.78 is 1.65. The van der Waals surface area contributed by atoms with Crippen molar-refractivity contribution in [2.45, 2.75) is 63.6 Å². The van der Waals surface area contributed by atoms with E-state index in [1.165, 1.54) is 0 Å². The summed E-state index contributed by atoms with van der Waals surface area (Å²) >= 11 is 0. The molecule has 0 amide bonds. The highest BCUT2D eigenvalue weighted by molar-refractivity contribution is 5.12. The molecule has 0 radical (unpaired) electrons. The molecule has 5 N–H and O–H groups in total. The van der Waals surface area contributed by atoms with Crippen LogP contribution in [-0.2, 0) is 19.4 Å². The Morgan fingerprint density at radius 2 is 1.95 bits per heavy atom. The Labute approximate surface area is 123 Å². The van der Waals surface area contributed by atoms with Crippen LogP contribution in [-0.4, -0.2) is 72.4 Å². The molecule has 0 spiro atoms. The Hall–Kier alpha value is -1.06. The van der Waals surface area contributed by atoms with Crippen LogP contribution < -0.4 is 5.32 Å². The van der Waals surface area contributed by atoms with Gasteiger partial charge in [0.25, 0.3) is 0 Å². The lowest BCUT2D eigenvalue weighted by atomic mass is 10.1. The fourth-order valence-electron chi connectivity index (χ4n) is 2.75. The number of nitrogens with one attached hydrogen (secondary N) is 1. The third kappa shape index (κ3) is 3.41. The van der Waals surface area contributed by atoms with Crippen LogP contribution in [0.3, 0.4) is 0 Å². The summed E-state index contributed by atoms with van der Waals surface area (Å²) in [4.78, 5) is 0. The molecule has 1 fully saturated rings. The molecule has 0 saturated carbocycles. The molecule has 1 unspecified atom stereocenters. The maximum Gasteiger partial charge on any atom is 0.0990 e. The molecule has 8 nitrogen and oxygen atoms in total. The molecule has 0 aliphatic carbocycles. The number of aliphatic hydroxyl groups is 4. The zero-order valence-electron chi connectivity index (χ0n) is 12.3. The molecule has 1 aromatic heterocycles. The molecular weight excluding hydrogens is 276 g/mol. The topological polar surface area (TPSA) is 124 Å². The summed E-state index contributed by atoms with van der Waals surface area (Å²) in [6, 6.07) is -0.962. The monoisotopic (exact) mass is 300 g/mol. The fraction of sp³-hybridized carbons (Fsp3) is 0.846. The summed E-state index contributed by atoms with van der Waals surface area (Å²) in [5, 5.41) is 49.7. The van der Waals surface area contributed by atoms with Crippen molar-refractivity contribution in [1.82, 2.24) is 20.3 Å². The lowest BCUT2D eigenvalue weighted by molar-refractivity contribution is 0.0174. The van der Waals surface area contributed by atoms with Crippen LogP contribution in [0.1, 0.15) is 25.2 Å². The Kier molecular flexibility index (Phi) is 5.28. The van der Waals surface area contributed by atoms with E-state index in [0.717, 1.165) is 11.4 Å². The number of aliphatic hydroxyl groups excluding tert-OH is 4. The number of rotatable bonds is 6. The summed E-state index contributed by atoms with van der Waals surface area (Å²) in [5.41, 5.74) is 1.66. The Bertz CT molecular complexity index is 465. The maximum absolute atomic E-state index is 10.0. The molecule has 1 aliphatic rings. The molecule has 120 valence electrons. The van der Waals surface area contributed by atoms with Crippen molar-refractivity contribution < 1.29 is 20.4 Å². The average molecular weight is 300 g/mol. The minimum atomic E-state index is -1.01. The Balaban J connectivity index is 2.14. The van der Waals surface area contributed by atoms with Gasteiger partial charge in [-0.1, -0.05) is 12.1 Å². The standard InChI is InChI=1S/C13H24N4O4/c1-3-8-11(4-7(2)19)17(16-15-8)5-9-12(20)13(21)10(6-18)14-9/h7,9-10,12-14,18-21H,3-6H2,1-2H3/t7?,9-,10-,12-,13-/m1/s1. The van der Waals surface area contributed by atoms with Crippen molar-refractivity contribution in [3.63, 3.8) is 0 Å². The minimum absolute atomic E-state index is 0.243. The van der Waals surface area contributed by atoms with Crippen molar-refractivity contribution in [1.29, 1.82) is 0 Å². The second kappa shape index (κ2) is 6.80. The van der Waals surface area contributed by atoms with Gasteiger partial charge in [0.1, 0.15) is 0 Å². The molecule has 8 heteroatoms. The average Bonchev–Trinajstić information content (AvgIpc) is 2.94.